The van der Waals surface area contributed by atoms with Gasteiger partial charge in [0, 0.05) is 11.1 Å². The van der Waals surface area contributed by atoms with E-state index < -0.39 is 17.8 Å². The number of ether oxygens (including phenoxy) is 1. The number of halogens is 3. The van der Waals surface area contributed by atoms with Crippen LogP contribution in [-0.4, -0.2) is 22.8 Å². The van der Waals surface area contributed by atoms with Crippen molar-refractivity contribution in [2.45, 2.75) is 6.18 Å². The van der Waals surface area contributed by atoms with Crippen molar-refractivity contribution >= 4 is 33.1 Å². The van der Waals surface area contributed by atoms with Crippen LogP contribution >= 0.6 is 11.3 Å². The number of fused-ring (bicyclic) bond motifs is 1. The Morgan fingerprint density at radius 1 is 1.10 bits per heavy atom. The zero-order valence-corrected chi connectivity index (χ0v) is 15.8. The van der Waals surface area contributed by atoms with Gasteiger partial charge in [0.25, 0.3) is 5.91 Å². The number of thiophene rings is 1. The summed E-state index contributed by atoms with van der Waals surface area (Å²) in [5.41, 5.74) is -0.0259. The van der Waals surface area contributed by atoms with E-state index in [2.05, 4.69) is 10.4 Å². The Bertz CT molecular complexity index is 1170. The molecule has 5 nitrogen and oxygen atoms in total. The number of carbonyl (C=O) groups excluding carboxylic acids is 1. The van der Waals surface area contributed by atoms with Crippen LogP contribution in [-0.2, 0) is 6.18 Å². The van der Waals surface area contributed by atoms with Crippen molar-refractivity contribution in [3.63, 3.8) is 0 Å². The van der Waals surface area contributed by atoms with Crippen molar-refractivity contribution in [3.8, 4) is 11.4 Å². The summed E-state index contributed by atoms with van der Waals surface area (Å²) in [5, 5.41) is 6.33. The average Bonchev–Trinajstić information content (AvgIpc) is 3.28. The molecule has 0 spiro atoms. The lowest BCUT2D eigenvalue weighted by molar-refractivity contribution is -0.140. The fourth-order valence-corrected chi connectivity index (χ4v) is 3.87. The molecule has 29 heavy (non-hydrogen) atoms. The molecule has 9 heteroatoms. The zero-order chi connectivity index (χ0) is 20.6. The number of hydrogen-bond donors (Lipinski definition) is 1. The van der Waals surface area contributed by atoms with E-state index in [-0.39, 0.29) is 15.1 Å². The molecule has 4 aromatic rings. The van der Waals surface area contributed by atoms with Gasteiger partial charge in [0.2, 0.25) is 0 Å². The molecule has 4 rings (SSSR count). The molecule has 0 saturated heterocycles. The van der Waals surface area contributed by atoms with E-state index in [1.165, 1.54) is 17.9 Å². The third-order valence-electron chi connectivity index (χ3n) is 4.20. The highest BCUT2D eigenvalue weighted by Gasteiger charge is 2.38. The Balaban J connectivity index is 1.74. The average molecular weight is 417 g/mol. The molecule has 0 radical (unpaired) electrons. The summed E-state index contributed by atoms with van der Waals surface area (Å²) in [5.74, 6) is 0.131. The van der Waals surface area contributed by atoms with Crippen molar-refractivity contribution in [1.82, 2.24) is 9.78 Å². The molecule has 0 bridgehead atoms. The van der Waals surface area contributed by atoms with E-state index in [0.717, 1.165) is 11.3 Å². The lowest BCUT2D eigenvalue weighted by Gasteiger charge is -2.05. The second-order valence-corrected chi connectivity index (χ2v) is 7.14. The van der Waals surface area contributed by atoms with E-state index in [9.17, 15) is 18.0 Å². The van der Waals surface area contributed by atoms with Crippen molar-refractivity contribution in [1.29, 1.82) is 0 Å². The van der Waals surface area contributed by atoms with Crippen LogP contribution in [0.1, 0.15) is 15.4 Å². The quantitative estimate of drug-likeness (QED) is 0.486. The number of nitrogens with one attached hydrogen (secondary N) is 1. The van der Waals surface area contributed by atoms with Gasteiger partial charge in [-0.05, 0) is 42.5 Å². The molecule has 0 aliphatic rings. The fourth-order valence-electron chi connectivity index (χ4n) is 2.84. The van der Waals surface area contributed by atoms with Crippen LogP contribution in [0, 0.1) is 0 Å². The van der Waals surface area contributed by atoms with Gasteiger partial charge in [-0.1, -0.05) is 18.2 Å². The van der Waals surface area contributed by atoms with Crippen LogP contribution < -0.4 is 10.1 Å². The first-order chi connectivity index (χ1) is 13.9. The van der Waals surface area contributed by atoms with Crippen LogP contribution in [0.2, 0.25) is 0 Å². The Hall–Kier alpha value is -3.33. The third kappa shape index (κ3) is 3.68. The van der Waals surface area contributed by atoms with Gasteiger partial charge in [0.15, 0.2) is 5.69 Å². The van der Waals surface area contributed by atoms with E-state index >= 15 is 0 Å². The van der Waals surface area contributed by atoms with Crippen LogP contribution in [0.5, 0.6) is 5.75 Å². The minimum absolute atomic E-state index is 0.105. The summed E-state index contributed by atoms with van der Waals surface area (Å²) in [7, 11) is 1.53. The molecule has 148 valence electrons. The second-order valence-electron chi connectivity index (χ2n) is 6.11. The molecule has 0 fully saturated rings. The van der Waals surface area contributed by atoms with Gasteiger partial charge < -0.3 is 10.1 Å². The SMILES string of the molecule is COc1ccc(NC(=O)c2cc3c(C(F)(F)F)nn(-c4ccccc4)c3s2)cc1. The normalized spacial score (nSPS) is 11.6. The predicted octanol–water partition coefficient (Wildman–Crippen LogP) is 5.37. The van der Waals surface area contributed by atoms with Crippen LogP contribution in [0.15, 0.2) is 60.7 Å². The first-order valence-corrected chi connectivity index (χ1v) is 9.29. The Labute approximate surface area is 167 Å². The van der Waals surface area contributed by atoms with Gasteiger partial charge in [-0.3, -0.25) is 4.79 Å². The van der Waals surface area contributed by atoms with Crippen LogP contribution in [0.4, 0.5) is 18.9 Å². The molecule has 0 aliphatic heterocycles. The van der Waals surface area contributed by atoms with E-state index in [1.807, 2.05) is 0 Å². The molecule has 2 aromatic heterocycles. The number of para-hydroxylation sites is 1. The second kappa shape index (κ2) is 7.25. The summed E-state index contributed by atoms with van der Waals surface area (Å²) in [4.78, 5) is 13.0. The summed E-state index contributed by atoms with van der Waals surface area (Å²) in [6.45, 7) is 0. The fraction of sp³-hybridized carbons (Fsp3) is 0.100. The highest BCUT2D eigenvalue weighted by atomic mass is 32.1. The molecule has 2 aromatic carbocycles. The van der Waals surface area contributed by atoms with Crippen molar-refractivity contribution in [2.75, 3.05) is 12.4 Å². The molecule has 0 unspecified atom stereocenters. The Kier molecular flexibility index (Phi) is 4.75. The first kappa shape index (κ1) is 19.0. The summed E-state index contributed by atoms with van der Waals surface area (Å²) in [6, 6.07) is 16.4. The number of methoxy groups -OCH3 is 1. The van der Waals surface area contributed by atoms with Crippen LogP contribution in [0.3, 0.4) is 0 Å². The van der Waals surface area contributed by atoms with Gasteiger partial charge in [0.05, 0.1) is 17.7 Å². The number of anilines is 1. The number of carbonyl (C=O) groups is 1. The molecule has 2 heterocycles. The number of rotatable bonds is 4. The monoisotopic (exact) mass is 417 g/mol. The molecule has 0 atom stereocenters. The number of hydrogen-bond acceptors (Lipinski definition) is 4. The molecule has 0 aliphatic carbocycles. The lowest BCUT2D eigenvalue weighted by Crippen LogP contribution is -2.11. The standard InChI is InChI=1S/C20H14F3N3O2S/c1-28-14-9-7-12(8-10-14)24-18(27)16-11-15-17(20(21,22)23)25-26(19(15)29-16)13-5-3-2-4-6-13/h2-11H,1H3,(H,24,27). The molecule has 0 saturated carbocycles. The number of alkyl halides is 3. The highest BCUT2D eigenvalue weighted by Crippen LogP contribution is 2.39. The van der Waals surface area contributed by atoms with Gasteiger partial charge >= 0.3 is 6.18 Å². The molecule has 1 N–H and O–H groups in total. The van der Waals surface area contributed by atoms with Gasteiger partial charge in [-0.25, -0.2) is 4.68 Å². The summed E-state index contributed by atoms with van der Waals surface area (Å²) in [6.07, 6.45) is -4.64. The number of amides is 1. The summed E-state index contributed by atoms with van der Waals surface area (Å²) >= 11 is 0.954. The maximum absolute atomic E-state index is 13.5. The van der Waals surface area contributed by atoms with Crippen LogP contribution in [0.25, 0.3) is 15.9 Å². The minimum Gasteiger partial charge on any atom is -0.497 e. The van der Waals surface area contributed by atoms with E-state index in [1.54, 1.807) is 54.6 Å². The lowest BCUT2D eigenvalue weighted by atomic mass is 10.2. The van der Waals surface area contributed by atoms with E-state index in [4.69, 9.17) is 4.74 Å². The first-order valence-electron chi connectivity index (χ1n) is 8.47. The van der Waals surface area contributed by atoms with Crippen molar-refractivity contribution < 1.29 is 22.7 Å². The molecular formula is C20H14F3N3O2S. The smallest absolute Gasteiger partial charge is 0.435 e. The van der Waals surface area contributed by atoms with Crippen molar-refractivity contribution in [3.05, 3.63) is 71.2 Å². The topological polar surface area (TPSA) is 56.1 Å². The maximum Gasteiger partial charge on any atom is 0.435 e. The third-order valence-corrected chi connectivity index (χ3v) is 5.31. The number of aromatic nitrogens is 2. The molecule has 1 amide bonds. The van der Waals surface area contributed by atoms with Gasteiger partial charge in [-0.2, -0.15) is 18.3 Å². The number of nitrogens with zero attached hydrogens (tertiary/aromatic N) is 2. The zero-order valence-electron chi connectivity index (χ0n) is 15.0. The summed E-state index contributed by atoms with van der Waals surface area (Å²) < 4.78 is 46.8. The highest BCUT2D eigenvalue weighted by molar-refractivity contribution is 7.20. The van der Waals surface area contributed by atoms with Gasteiger partial charge in [-0.15, -0.1) is 11.3 Å². The largest absolute Gasteiger partial charge is 0.497 e. The van der Waals surface area contributed by atoms with Crippen molar-refractivity contribution in [2.24, 2.45) is 0 Å². The molecular weight excluding hydrogens is 403 g/mol. The minimum atomic E-state index is -4.64. The number of benzene rings is 2. The maximum atomic E-state index is 13.5. The van der Waals surface area contributed by atoms with Gasteiger partial charge in [0.1, 0.15) is 10.6 Å². The predicted molar refractivity (Wildman–Crippen MR) is 105 cm³/mol. The van der Waals surface area contributed by atoms with E-state index in [0.29, 0.717) is 17.1 Å². The Morgan fingerprint density at radius 2 is 1.79 bits per heavy atom. The Morgan fingerprint density at radius 3 is 2.41 bits per heavy atom.